The van der Waals surface area contributed by atoms with Gasteiger partial charge in [-0.15, -0.1) is 0 Å². The summed E-state index contributed by atoms with van der Waals surface area (Å²) in [6, 6.07) is 3.54. The van der Waals surface area contributed by atoms with Crippen LogP contribution in [-0.4, -0.2) is 33.6 Å². The Morgan fingerprint density at radius 2 is 2.05 bits per heavy atom. The zero-order valence-corrected chi connectivity index (χ0v) is 11.7. The molecule has 106 valence electrons. The molecule has 0 fully saturated rings. The van der Waals surface area contributed by atoms with Crippen LogP contribution < -0.4 is 4.74 Å². The lowest BCUT2D eigenvalue weighted by atomic mass is 9.91. The van der Waals surface area contributed by atoms with E-state index < -0.39 is 11.7 Å². The summed E-state index contributed by atoms with van der Waals surface area (Å²) in [4.78, 5) is 0. The predicted octanol–water partition coefficient (Wildman–Crippen LogP) is 2.09. The smallest absolute Gasteiger partial charge is 0.129 e. The van der Waals surface area contributed by atoms with Crippen molar-refractivity contribution in [2.24, 2.45) is 0 Å². The molecule has 1 heterocycles. The van der Waals surface area contributed by atoms with Crippen molar-refractivity contribution in [3.63, 3.8) is 0 Å². The van der Waals surface area contributed by atoms with E-state index in [9.17, 15) is 15.3 Å². The van der Waals surface area contributed by atoms with Gasteiger partial charge in [0, 0.05) is 5.56 Å². The lowest BCUT2D eigenvalue weighted by Crippen LogP contribution is -2.46. The average molecular weight is 266 g/mol. The summed E-state index contributed by atoms with van der Waals surface area (Å²) in [7, 11) is 0. The summed E-state index contributed by atoms with van der Waals surface area (Å²) in [5.74, 6) is 1.21. The molecule has 1 aromatic rings. The monoisotopic (exact) mass is 266 g/mol. The number of hydrogen-bond donors (Lipinski definition) is 3. The molecule has 1 aromatic carbocycles. The maximum absolute atomic E-state index is 10.2. The maximum atomic E-state index is 10.2. The van der Waals surface area contributed by atoms with Gasteiger partial charge in [-0.2, -0.15) is 0 Å². The summed E-state index contributed by atoms with van der Waals surface area (Å²) < 4.78 is 5.90. The first-order chi connectivity index (χ1) is 8.85. The van der Waals surface area contributed by atoms with Crippen LogP contribution in [-0.2, 0) is 0 Å². The Labute approximate surface area is 113 Å². The SMILES string of the molecule is Cc1cc2c(cc1O)[C@H](C)CC[C@H](C(C)(O)CO)O2. The van der Waals surface area contributed by atoms with Crippen LogP contribution in [0.3, 0.4) is 0 Å². The molecule has 0 bridgehead atoms. The third-order valence-electron chi connectivity index (χ3n) is 4.00. The molecule has 0 spiro atoms. The van der Waals surface area contributed by atoms with E-state index in [1.54, 1.807) is 19.1 Å². The highest BCUT2D eigenvalue weighted by Crippen LogP contribution is 2.40. The first kappa shape index (κ1) is 14.2. The first-order valence-corrected chi connectivity index (χ1v) is 6.68. The van der Waals surface area contributed by atoms with E-state index >= 15 is 0 Å². The van der Waals surface area contributed by atoms with E-state index in [0.29, 0.717) is 12.2 Å². The molecule has 0 radical (unpaired) electrons. The number of aromatic hydroxyl groups is 1. The third kappa shape index (κ3) is 2.69. The number of phenols is 1. The molecule has 1 aliphatic heterocycles. The molecule has 1 unspecified atom stereocenters. The van der Waals surface area contributed by atoms with E-state index in [4.69, 9.17) is 4.74 Å². The van der Waals surface area contributed by atoms with Gasteiger partial charge in [-0.1, -0.05) is 6.92 Å². The van der Waals surface area contributed by atoms with Gasteiger partial charge in [0.25, 0.3) is 0 Å². The second-order valence-electron chi connectivity index (χ2n) is 5.78. The van der Waals surface area contributed by atoms with Crippen molar-refractivity contribution in [2.45, 2.75) is 51.2 Å². The fourth-order valence-electron chi connectivity index (χ4n) is 2.48. The van der Waals surface area contributed by atoms with Crippen molar-refractivity contribution in [3.8, 4) is 11.5 Å². The molecule has 4 nitrogen and oxygen atoms in total. The largest absolute Gasteiger partial charge is 0.508 e. The van der Waals surface area contributed by atoms with Gasteiger partial charge in [0.1, 0.15) is 23.2 Å². The fourth-order valence-corrected chi connectivity index (χ4v) is 2.48. The van der Waals surface area contributed by atoms with Crippen LogP contribution in [0.25, 0.3) is 0 Å². The second-order valence-corrected chi connectivity index (χ2v) is 5.78. The van der Waals surface area contributed by atoms with Crippen LogP contribution in [0.2, 0.25) is 0 Å². The minimum atomic E-state index is -1.26. The van der Waals surface area contributed by atoms with Crippen LogP contribution >= 0.6 is 0 Å². The van der Waals surface area contributed by atoms with Crippen LogP contribution in [0.5, 0.6) is 11.5 Å². The van der Waals surface area contributed by atoms with Crippen LogP contribution in [0.1, 0.15) is 43.7 Å². The van der Waals surface area contributed by atoms with Gasteiger partial charge in [0.2, 0.25) is 0 Å². The summed E-state index contributed by atoms with van der Waals surface area (Å²) in [6.45, 7) is 5.14. The van der Waals surface area contributed by atoms with E-state index in [2.05, 4.69) is 6.92 Å². The third-order valence-corrected chi connectivity index (χ3v) is 4.00. The standard InChI is InChI=1S/C15H22O4/c1-9-4-5-14(15(3,18)8-16)19-13-6-10(2)12(17)7-11(9)13/h6-7,9,14,16-18H,4-5,8H2,1-3H3/t9-,14-,15?/m1/s1. The Morgan fingerprint density at radius 1 is 1.37 bits per heavy atom. The topological polar surface area (TPSA) is 69.9 Å². The van der Waals surface area contributed by atoms with Gasteiger partial charge in [0.05, 0.1) is 6.61 Å². The van der Waals surface area contributed by atoms with Crippen molar-refractivity contribution >= 4 is 0 Å². The number of phenolic OH excluding ortho intramolecular Hbond substituents is 1. The number of ether oxygens (including phenoxy) is 1. The van der Waals surface area contributed by atoms with E-state index in [1.807, 2.05) is 6.92 Å². The van der Waals surface area contributed by atoms with Gasteiger partial charge in [-0.25, -0.2) is 0 Å². The van der Waals surface area contributed by atoms with E-state index in [0.717, 1.165) is 17.5 Å². The van der Waals surface area contributed by atoms with Gasteiger partial charge < -0.3 is 20.1 Å². The summed E-state index contributed by atoms with van der Waals surface area (Å²) in [6.07, 6.45) is 1.07. The van der Waals surface area contributed by atoms with Crippen molar-refractivity contribution in [2.75, 3.05) is 6.61 Å². The highest BCUT2D eigenvalue weighted by Gasteiger charge is 2.36. The molecule has 4 heteroatoms. The molecule has 0 saturated heterocycles. The number of aliphatic hydroxyl groups is 2. The first-order valence-electron chi connectivity index (χ1n) is 6.68. The van der Waals surface area contributed by atoms with Gasteiger partial charge in [-0.3, -0.25) is 0 Å². The normalized spacial score (nSPS) is 25.9. The highest BCUT2D eigenvalue weighted by atomic mass is 16.5. The molecular formula is C15H22O4. The lowest BCUT2D eigenvalue weighted by molar-refractivity contribution is -0.0826. The Kier molecular flexibility index (Phi) is 3.74. The molecule has 0 saturated carbocycles. The molecule has 0 aliphatic carbocycles. The molecular weight excluding hydrogens is 244 g/mol. The van der Waals surface area contributed by atoms with Gasteiger partial charge in [-0.05, 0) is 50.3 Å². The van der Waals surface area contributed by atoms with Crippen molar-refractivity contribution < 1.29 is 20.1 Å². The van der Waals surface area contributed by atoms with Gasteiger partial charge >= 0.3 is 0 Å². The molecule has 0 aromatic heterocycles. The number of aryl methyl sites for hydroxylation is 1. The zero-order valence-electron chi connectivity index (χ0n) is 11.7. The molecule has 3 atom stereocenters. The van der Waals surface area contributed by atoms with E-state index in [-0.39, 0.29) is 18.3 Å². The fraction of sp³-hybridized carbons (Fsp3) is 0.600. The summed E-state index contributed by atoms with van der Waals surface area (Å²) in [5.41, 5.74) is 0.446. The number of hydrogen-bond acceptors (Lipinski definition) is 4. The van der Waals surface area contributed by atoms with Crippen molar-refractivity contribution in [3.05, 3.63) is 23.3 Å². The van der Waals surface area contributed by atoms with Crippen LogP contribution in [0.4, 0.5) is 0 Å². The average Bonchev–Trinajstić information content (AvgIpc) is 2.51. The van der Waals surface area contributed by atoms with Crippen molar-refractivity contribution in [1.82, 2.24) is 0 Å². The van der Waals surface area contributed by atoms with Crippen LogP contribution in [0, 0.1) is 6.92 Å². The predicted molar refractivity (Wildman–Crippen MR) is 72.6 cm³/mol. The molecule has 2 rings (SSSR count). The Hall–Kier alpha value is -1.26. The number of rotatable bonds is 2. The molecule has 3 N–H and O–H groups in total. The second kappa shape index (κ2) is 5.02. The van der Waals surface area contributed by atoms with Gasteiger partial charge in [0.15, 0.2) is 0 Å². The lowest BCUT2D eigenvalue weighted by Gasteiger charge is -2.30. The number of aliphatic hydroxyl groups excluding tert-OH is 1. The molecule has 19 heavy (non-hydrogen) atoms. The Bertz CT molecular complexity index is 467. The van der Waals surface area contributed by atoms with Crippen LogP contribution in [0.15, 0.2) is 12.1 Å². The minimum absolute atomic E-state index is 0.251. The quantitative estimate of drug-likeness (QED) is 0.766. The maximum Gasteiger partial charge on any atom is 0.129 e. The minimum Gasteiger partial charge on any atom is -0.508 e. The summed E-state index contributed by atoms with van der Waals surface area (Å²) >= 11 is 0. The number of fused-ring (bicyclic) bond motifs is 1. The molecule has 0 amide bonds. The molecule has 1 aliphatic rings. The van der Waals surface area contributed by atoms with Crippen molar-refractivity contribution in [1.29, 1.82) is 0 Å². The highest BCUT2D eigenvalue weighted by molar-refractivity contribution is 5.47. The zero-order chi connectivity index (χ0) is 14.2. The number of benzene rings is 1. The summed E-state index contributed by atoms with van der Waals surface area (Å²) in [5, 5.41) is 29.3. The Morgan fingerprint density at radius 3 is 2.68 bits per heavy atom. The van der Waals surface area contributed by atoms with E-state index in [1.165, 1.54) is 0 Å². The Balaban J connectivity index is 2.39.